The highest BCUT2D eigenvalue weighted by Gasteiger charge is 2.11. The van der Waals surface area contributed by atoms with Gasteiger partial charge in [0.1, 0.15) is 11.5 Å². The molecule has 3 rings (SSSR count). The number of hydrogen-bond donors (Lipinski definition) is 1. The van der Waals surface area contributed by atoms with Gasteiger partial charge in [0.05, 0.1) is 21.3 Å². The number of thiazole rings is 1. The number of amides is 1. The number of nitrogens with zero attached hydrogens (tertiary/aromatic N) is 1. The van der Waals surface area contributed by atoms with E-state index in [0.29, 0.717) is 17.5 Å². The summed E-state index contributed by atoms with van der Waals surface area (Å²) in [4.78, 5) is 16.6. The molecule has 142 valence electrons. The molecule has 0 aliphatic rings. The lowest BCUT2D eigenvalue weighted by atomic mass is 10.1. The Hall–Kier alpha value is -2.12. The van der Waals surface area contributed by atoms with Crippen LogP contribution in [0.4, 0.5) is 5.13 Å². The van der Waals surface area contributed by atoms with Gasteiger partial charge in [0.15, 0.2) is 11.7 Å². The Morgan fingerprint density at radius 2 is 2.04 bits per heavy atom. The maximum absolute atomic E-state index is 12.2. The topological polar surface area (TPSA) is 60.5 Å². The Labute approximate surface area is 170 Å². The molecule has 0 aliphatic carbocycles. The first kappa shape index (κ1) is 19.6. The van der Waals surface area contributed by atoms with Gasteiger partial charge in [-0.2, -0.15) is 0 Å². The van der Waals surface area contributed by atoms with Crippen LogP contribution in [0.2, 0.25) is 0 Å². The molecule has 0 atom stereocenters. The summed E-state index contributed by atoms with van der Waals surface area (Å²) in [7, 11) is 0. The molecule has 0 radical (unpaired) electrons. The number of carbonyl (C=O) groups excluding carboxylic acids is 1. The highest BCUT2D eigenvalue weighted by Crippen LogP contribution is 2.30. The molecule has 1 amide bonds. The van der Waals surface area contributed by atoms with Crippen molar-refractivity contribution in [1.82, 2.24) is 4.98 Å². The zero-order valence-corrected chi connectivity index (χ0v) is 17.7. The number of aromatic nitrogens is 1. The van der Waals surface area contributed by atoms with Crippen LogP contribution in [0.3, 0.4) is 0 Å². The maximum atomic E-state index is 12.2. The van der Waals surface area contributed by atoms with Crippen molar-refractivity contribution in [3.63, 3.8) is 0 Å². The molecule has 1 heterocycles. The lowest BCUT2D eigenvalue weighted by Gasteiger charge is -2.09. The van der Waals surface area contributed by atoms with Gasteiger partial charge < -0.3 is 9.47 Å². The van der Waals surface area contributed by atoms with Gasteiger partial charge in [-0.3, -0.25) is 10.1 Å². The Kier molecular flexibility index (Phi) is 6.68. The van der Waals surface area contributed by atoms with Crippen LogP contribution in [0.1, 0.15) is 25.8 Å². The molecule has 0 unspecified atom stereocenters. The number of nitrogens with one attached hydrogen (secondary N) is 1. The number of halogens is 1. The van der Waals surface area contributed by atoms with Crippen molar-refractivity contribution in [1.29, 1.82) is 0 Å². The third kappa shape index (κ3) is 5.20. The third-order valence-electron chi connectivity index (χ3n) is 3.81. The van der Waals surface area contributed by atoms with Crippen LogP contribution >= 0.6 is 27.3 Å². The van der Waals surface area contributed by atoms with E-state index in [2.05, 4.69) is 33.2 Å². The van der Waals surface area contributed by atoms with Crippen molar-refractivity contribution in [2.75, 3.05) is 18.5 Å². The highest BCUT2D eigenvalue weighted by molar-refractivity contribution is 9.10. The molecule has 0 saturated carbocycles. The standard InChI is InChI=1S/C20H21BrN2O3S/c1-3-5-13-6-9-17(15(21)10-13)26-12-19(24)23-20-22-16-8-7-14(25-4-2)11-18(16)27-20/h6-11H,3-5,12H2,1-2H3,(H,22,23,24). The highest BCUT2D eigenvalue weighted by atomic mass is 79.9. The molecule has 1 aromatic heterocycles. The second kappa shape index (κ2) is 9.19. The van der Waals surface area contributed by atoms with Gasteiger partial charge in [0, 0.05) is 0 Å². The molecule has 0 aliphatic heterocycles. The number of fused-ring (bicyclic) bond motifs is 1. The fraction of sp³-hybridized carbons (Fsp3) is 0.300. The van der Waals surface area contributed by atoms with Crippen molar-refractivity contribution in [2.24, 2.45) is 0 Å². The van der Waals surface area contributed by atoms with Gasteiger partial charge in [-0.05, 0) is 65.2 Å². The first-order valence-corrected chi connectivity index (χ1v) is 10.4. The molecule has 2 aromatic carbocycles. The molecule has 3 aromatic rings. The van der Waals surface area contributed by atoms with Crippen molar-refractivity contribution in [2.45, 2.75) is 26.7 Å². The summed E-state index contributed by atoms with van der Waals surface area (Å²) >= 11 is 4.91. The number of benzene rings is 2. The molecule has 0 spiro atoms. The van der Waals surface area contributed by atoms with E-state index in [1.807, 2.05) is 43.3 Å². The minimum Gasteiger partial charge on any atom is -0.494 e. The maximum Gasteiger partial charge on any atom is 0.264 e. The molecule has 5 nitrogen and oxygen atoms in total. The molecular formula is C20H21BrN2O3S. The molecule has 0 saturated heterocycles. The van der Waals surface area contributed by atoms with E-state index < -0.39 is 0 Å². The van der Waals surface area contributed by atoms with Gasteiger partial charge in [0.2, 0.25) is 0 Å². The molecule has 27 heavy (non-hydrogen) atoms. The van der Waals surface area contributed by atoms with E-state index in [1.54, 1.807) is 0 Å². The van der Waals surface area contributed by atoms with Crippen LogP contribution in [0, 0.1) is 0 Å². The van der Waals surface area contributed by atoms with E-state index in [4.69, 9.17) is 9.47 Å². The smallest absolute Gasteiger partial charge is 0.264 e. The van der Waals surface area contributed by atoms with Gasteiger partial charge in [-0.15, -0.1) is 0 Å². The summed E-state index contributed by atoms with van der Waals surface area (Å²) in [6, 6.07) is 11.6. The molecular weight excluding hydrogens is 428 g/mol. The summed E-state index contributed by atoms with van der Waals surface area (Å²) in [5.41, 5.74) is 2.07. The Balaban J connectivity index is 1.60. The van der Waals surface area contributed by atoms with Crippen molar-refractivity contribution < 1.29 is 14.3 Å². The number of aryl methyl sites for hydroxylation is 1. The lowest BCUT2D eigenvalue weighted by molar-refractivity contribution is -0.118. The Morgan fingerprint density at radius 3 is 2.78 bits per heavy atom. The molecule has 0 fully saturated rings. The average Bonchev–Trinajstić information content (AvgIpc) is 3.03. The molecule has 7 heteroatoms. The van der Waals surface area contributed by atoms with Crippen LogP contribution < -0.4 is 14.8 Å². The van der Waals surface area contributed by atoms with Crippen LogP contribution in [0.15, 0.2) is 40.9 Å². The summed E-state index contributed by atoms with van der Waals surface area (Å²) in [6.45, 7) is 4.62. The van der Waals surface area contributed by atoms with E-state index in [0.717, 1.165) is 33.3 Å². The van der Waals surface area contributed by atoms with Gasteiger partial charge >= 0.3 is 0 Å². The van der Waals surface area contributed by atoms with E-state index >= 15 is 0 Å². The SMILES string of the molecule is CCCc1ccc(OCC(=O)Nc2nc3ccc(OCC)cc3s2)c(Br)c1. The third-order valence-corrected chi connectivity index (χ3v) is 5.36. The second-order valence-corrected chi connectivity index (χ2v) is 7.82. The summed E-state index contributed by atoms with van der Waals surface area (Å²) in [5, 5.41) is 3.34. The predicted octanol–water partition coefficient (Wildman–Crippen LogP) is 5.43. The number of anilines is 1. The van der Waals surface area contributed by atoms with Crippen LogP contribution in [0.25, 0.3) is 10.2 Å². The van der Waals surface area contributed by atoms with E-state index in [1.165, 1.54) is 16.9 Å². The molecule has 1 N–H and O–H groups in total. The van der Waals surface area contributed by atoms with Gasteiger partial charge in [-0.1, -0.05) is 30.7 Å². The first-order chi connectivity index (χ1) is 13.1. The quantitative estimate of drug-likeness (QED) is 0.499. The summed E-state index contributed by atoms with van der Waals surface area (Å²) in [5.74, 6) is 1.20. The van der Waals surface area contributed by atoms with Crippen molar-refractivity contribution in [3.8, 4) is 11.5 Å². The Morgan fingerprint density at radius 1 is 1.19 bits per heavy atom. The number of hydrogen-bond acceptors (Lipinski definition) is 5. The van der Waals surface area contributed by atoms with Crippen LogP contribution in [-0.4, -0.2) is 24.1 Å². The predicted molar refractivity (Wildman–Crippen MR) is 113 cm³/mol. The summed E-state index contributed by atoms with van der Waals surface area (Å²) < 4.78 is 12.9. The minimum absolute atomic E-state index is 0.0775. The normalized spacial score (nSPS) is 10.8. The monoisotopic (exact) mass is 448 g/mol. The summed E-state index contributed by atoms with van der Waals surface area (Å²) in [6.07, 6.45) is 2.10. The van der Waals surface area contributed by atoms with Crippen molar-refractivity contribution >= 4 is 48.5 Å². The second-order valence-electron chi connectivity index (χ2n) is 5.93. The largest absolute Gasteiger partial charge is 0.494 e. The molecule has 0 bridgehead atoms. The Bertz CT molecular complexity index is 942. The van der Waals surface area contributed by atoms with Crippen molar-refractivity contribution in [3.05, 3.63) is 46.4 Å². The lowest BCUT2D eigenvalue weighted by Crippen LogP contribution is -2.20. The first-order valence-electron chi connectivity index (χ1n) is 8.83. The number of carbonyl (C=O) groups is 1. The van der Waals surface area contributed by atoms with E-state index in [9.17, 15) is 4.79 Å². The minimum atomic E-state index is -0.247. The van der Waals surface area contributed by atoms with Gasteiger partial charge in [0.25, 0.3) is 5.91 Å². The number of rotatable bonds is 8. The fourth-order valence-electron chi connectivity index (χ4n) is 2.62. The zero-order valence-electron chi connectivity index (χ0n) is 15.3. The fourth-order valence-corrected chi connectivity index (χ4v) is 4.07. The number of ether oxygens (including phenoxy) is 2. The zero-order chi connectivity index (χ0) is 19.2. The van der Waals surface area contributed by atoms with Gasteiger partial charge in [-0.25, -0.2) is 4.98 Å². The van der Waals surface area contributed by atoms with Crippen LogP contribution in [0.5, 0.6) is 11.5 Å². The van der Waals surface area contributed by atoms with E-state index in [-0.39, 0.29) is 12.5 Å². The average molecular weight is 449 g/mol. The van der Waals surface area contributed by atoms with Crippen LogP contribution in [-0.2, 0) is 11.2 Å².